The Hall–Kier alpha value is -1.82. The molecule has 0 radical (unpaired) electrons. The largest absolute Gasteiger partial charge is 0.488 e. The SMILES string of the molecule is CC(C)(C)OC(=O)N1CCC(Oc2cc(Br)cc3cccnc23)CC1. The van der Waals surface area contributed by atoms with E-state index in [0.717, 1.165) is 34.0 Å². The summed E-state index contributed by atoms with van der Waals surface area (Å²) in [6.45, 7) is 6.92. The van der Waals surface area contributed by atoms with Gasteiger partial charge in [-0.25, -0.2) is 4.79 Å². The normalized spacial score (nSPS) is 16.1. The fourth-order valence-electron chi connectivity index (χ4n) is 2.88. The quantitative estimate of drug-likeness (QED) is 0.719. The lowest BCUT2D eigenvalue weighted by Crippen LogP contribution is -2.44. The van der Waals surface area contributed by atoms with Gasteiger partial charge in [-0.05, 0) is 39.0 Å². The number of pyridine rings is 1. The summed E-state index contributed by atoms with van der Waals surface area (Å²) >= 11 is 3.53. The van der Waals surface area contributed by atoms with Crippen molar-refractivity contribution in [2.75, 3.05) is 13.1 Å². The first kappa shape index (κ1) is 18.0. The number of halogens is 1. The molecule has 0 N–H and O–H groups in total. The standard InChI is InChI=1S/C19H23BrN2O3/c1-19(2,3)25-18(23)22-9-6-15(7-10-22)24-16-12-14(20)11-13-5-4-8-21-17(13)16/h4-5,8,11-12,15H,6-7,9-10H2,1-3H3. The second kappa shape index (κ2) is 7.20. The minimum absolute atomic E-state index is 0.0678. The lowest BCUT2D eigenvalue weighted by Gasteiger charge is -2.33. The molecule has 134 valence electrons. The highest BCUT2D eigenvalue weighted by atomic mass is 79.9. The van der Waals surface area contributed by atoms with Crippen molar-refractivity contribution in [3.63, 3.8) is 0 Å². The van der Waals surface area contributed by atoms with Crippen LogP contribution < -0.4 is 4.74 Å². The van der Waals surface area contributed by atoms with Gasteiger partial charge in [0.05, 0.1) is 0 Å². The van der Waals surface area contributed by atoms with Crippen molar-refractivity contribution in [3.05, 3.63) is 34.9 Å². The van der Waals surface area contributed by atoms with E-state index in [2.05, 4.69) is 20.9 Å². The molecule has 0 unspecified atom stereocenters. The van der Waals surface area contributed by atoms with Gasteiger partial charge in [-0.2, -0.15) is 0 Å². The number of amides is 1. The van der Waals surface area contributed by atoms with E-state index in [1.54, 1.807) is 11.1 Å². The zero-order chi connectivity index (χ0) is 18.0. The van der Waals surface area contributed by atoms with Crippen LogP contribution in [0, 0.1) is 0 Å². The van der Waals surface area contributed by atoms with Gasteiger partial charge in [0.25, 0.3) is 0 Å². The van der Waals surface area contributed by atoms with Gasteiger partial charge in [-0.1, -0.05) is 22.0 Å². The van der Waals surface area contributed by atoms with Gasteiger partial charge in [-0.15, -0.1) is 0 Å². The third-order valence-corrected chi connectivity index (χ3v) is 4.48. The molecule has 0 atom stereocenters. The zero-order valence-electron chi connectivity index (χ0n) is 14.8. The lowest BCUT2D eigenvalue weighted by atomic mass is 10.1. The second-order valence-corrected chi connectivity index (χ2v) is 8.18. The summed E-state index contributed by atoms with van der Waals surface area (Å²) in [5.74, 6) is 0.778. The van der Waals surface area contributed by atoms with Gasteiger partial charge in [-0.3, -0.25) is 4.98 Å². The molecule has 1 aliphatic heterocycles. The van der Waals surface area contributed by atoms with Crippen molar-refractivity contribution in [2.24, 2.45) is 0 Å². The van der Waals surface area contributed by atoms with Crippen LogP contribution >= 0.6 is 15.9 Å². The molecule has 1 aliphatic rings. The summed E-state index contributed by atoms with van der Waals surface area (Å²) in [7, 11) is 0. The summed E-state index contributed by atoms with van der Waals surface area (Å²) in [6.07, 6.45) is 3.15. The van der Waals surface area contributed by atoms with E-state index in [1.165, 1.54) is 0 Å². The fourth-order valence-corrected chi connectivity index (χ4v) is 3.33. The predicted octanol–water partition coefficient (Wildman–Crippen LogP) is 4.78. The molecule has 0 saturated carbocycles. The number of fused-ring (bicyclic) bond motifs is 1. The highest BCUT2D eigenvalue weighted by molar-refractivity contribution is 9.10. The minimum Gasteiger partial charge on any atom is -0.488 e. The number of benzene rings is 1. The zero-order valence-corrected chi connectivity index (χ0v) is 16.4. The van der Waals surface area contributed by atoms with Gasteiger partial charge in [0.1, 0.15) is 23.0 Å². The summed E-state index contributed by atoms with van der Waals surface area (Å²) in [5, 5.41) is 1.04. The van der Waals surface area contributed by atoms with E-state index in [0.29, 0.717) is 13.1 Å². The average molecular weight is 407 g/mol. The number of aromatic nitrogens is 1. The number of hydrogen-bond acceptors (Lipinski definition) is 4. The summed E-state index contributed by atoms with van der Waals surface area (Å²) in [5.41, 5.74) is 0.394. The Labute approximate surface area is 156 Å². The first-order valence-corrected chi connectivity index (χ1v) is 9.30. The van der Waals surface area contributed by atoms with Crippen LogP contribution in [0.5, 0.6) is 5.75 Å². The number of carbonyl (C=O) groups is 1. The van der Waals surface area contributed by atoms with Gasteiger partial charge in [0.2, 0.25) is 0 Å². The molecule has 1 amide bonds. The van der Waals surface area contributed by atoms with Crippen LogP contribution in [-0.4, -0.2) is 40.8 Å². The average Bonchev–Trinajstić information content (AvgIpc) is 2.53. The fraction of sp³-hybridized carbons (Fsp3) is 0.474. The highest BCUT2D eigenvalue weighted by Gasteiger charge is 2.28. The van der Waals surface area contributed by atoms with E-state index < -0.39 is 5.60 Å². The Bertz CT molecular complexity index is 765. The van der Waals surface area contributed by atoms with Gasteiger partial charge >= 0.3 is 6.09 Å². The molecule has 25 heavy (non-hydrogen) atoms. The van der Waals surface area contributed by atoms with Crippen LogP contribution in [0.2, 0.25) is 0 Å². The molecule has 0 bridgehead atoms. The van der Waals surface area contributed by atoms with Crippen molar-refractivity contribution in [3.8, 4) is 5.75 Å². The van der Waals surface area contributed by atoms with Crippen LogP contribution in [0.15, 0.2) is 34.9 Å². The first-order valence-electron chi connectivity index (χ1n) is 8.51. The Kier molecular flexibility index (Phi) is 5.18. The molecule has 2 aromatic rings. The first-order chi connectivity index (χ1) is 11.8. The Morgan fingerprint density at radius 2 is 2.00 bits per heavy atom. The molecule has 1 saturated heterocycles. The number of carbonyl (C=O) groups excluding carboxylic acids is 1. The second-order valence-electron chi connectivity index (χ2n) is 7.26. The maximum absolute atomic E-state index is 12.1. The molecular weight excluding hydrogens is 384 g/mol. The Morgan fingerprint density at radius 3 is 2.68 bits per heavy atom. The molecule has 5 nitrogen and oxygen atoms in total. The lowest BCUT2D eigenvalue weighted by molar-refractivity contribution is 0.0127. The van der Waals surface area contributed by atoms with Crippen molar-refractivity contribution >= 4 is 32.9 Å². The smallest absolute Gasteiger partial charge is 0.410 e. The van der Waals surface area contributed by atoms with Crippen LogP contribution in [0.25, 0.3) is 10.9 Å². The molecule has 2 heterocycles. The number of likely N-dealkylation sites (tertiary alicyclic amines) is 1. The van der Waals surface area contributed by atoms with Crippen LogP contribution in [0.1, 0.15) is 33.6 Å². The number of nitrogens with zero attached hydrogens (tertiary/aromatic N) is 2. The molecule has 3 rings (SSSR count). The monoisotopic (exact) mass is 406 g/mol. The minimum atomic E-state index is -0.467. The van der Waals surface area contributed by atoms with Gasteiger partial charge in [0, 0.05) is 42.0 Å². The maximum atomic E-state index is 12.1. The molecule has 6 heteroatoms. The van der Waals surface area contributed by atoms with Crippen molar-refractivity contribution in [1.29, 1.82) is 0 Å². The van der Waals surface area contributed by atoms with E-state index in [1.807, 2.05) is 45.0 Å². The van der Waals surface area contributed by atoms with Crippen molar-refractivity contribution < 1.29 is 14.3 Å². The van der Waals surface area contributed by atoms with Crippen molar-refractivity contribution in [1.82, 2.24) is 9.88 Å². The molecule has 0 spiro atoms. The predicted molar refractivity (Wildman–Crippen MR) is 101 cm³/mol. The molecular formula is C19H23BrN2O3. The highest BCUT2D eigenvalue weighted by Crippen LogP contribution is 2.30. The van der Waals surface area contributed by atoms with Gasteiger partial charge in [0.15, 0.2) is 0 Å². The van der Waals surface area contributed by atoms with Crippen LogP contribution in [-0.2, 0) is 4.74 Å². The Balaban J connectivity index is 1.64. The third-order valence-electron chi connectivity index (χ3n) is 4.02. The summed E-state index contributed by atoms with van der Waals surface area (Å²) in [4.78, 5) is 18.3. The molecule has 1 fully saturated rings. The maximum Gasteiger partial charge on any atom is 0.410 e. The number of rotatable bonds is 2. The van der Waals surface area contributed by atoms with E-state index in [4.69, 9.17) is 9.47 Å². The Morgan fingerprint density at radius 1 is 1.28 bits per heavy atom. The molecule has 1 aromatic heterocycles. The van der Waals surface area contributed by atoms with E-state index >= 15 is 0 Å². The number of piperidine rings is 1. The molecule has 1 aromatic carbocycles. The summed E-state index contributed by atoms with van der Waals surface area (Å²) in [6, 6.07) is 7.92. The summed E-state index contributed by atoms with van der Waals surface area (Å²) < 4.78 is 12.6. The molecule has 0 aliphatic carbocycles. The van der Waals surface area contributed by atoms with Gasteiger partial charge < -0.3 is 14.4 Å². The van der Waals surface area contributed by atoms with Crippen LogP contribution in [0.4, 0.5) is 4.79 Å². The third kappa shape index (κ3) is 4.63. The number of ether oxygens (including phenoxy) is 2. The van der Waals surface area contributed by atoms with Crippen molar-refractivity contribution in [2.45, 2.75) is 45.3 Å². The topological polar surface area (TPSA) is 51.7 Å². The van der Waals surface area contributed by atoms with Crippen LogP contribution in [0.3, 0.4) is 0 Å². The van der Waals surface area contributed by atoms with E-state index in [9.17, 15) is 4.79 Å². The van der Waals surface area contributed by atoms with E-state index in [-0.39, 0.29) is 12.2 Å². The number of hydrogen-bond donors (Lipinski definition) is 0.